The lowest BCUT2D eigenvalue weighted by molar-refractivity contribution is 0.0954. The maximum atomic E-state index is 12.9. The molecule has 2 aromatic carbocycles. The number of hydrogen-bond donors (Lipinski definition) is 1. The average Bonchev–Trinajstić information content (AvgIpc) is 2.83. The van der Waals surface area contributed by atoms with Gasteiger partial charge in [-0.15, -0.1) is 0 Å². The van der Waals surface area contributed by atoms with Crippen LogP contribution < -0.4 is 9.73 Å². The van der Waals surface area contributed by atoms with Crippen molar-refractivity contribution in [3.05, 3.63) is 59.7 Å². The number of amides is 1. The highest BCUT2D eigenvalue weighted by atomic mass is 32.2. The molecule has 1 fully saturated rings. The monoisotopic (exact) mass is 483 g/mol. The van der Waals surface area contributed by atoms with Crippen LogP contribution in [0.1, 0.15) is 86.6 Å². The third-order valence-corrected chi connectivity index (χ3v) is 8.22. The summed E-state index contributed by atoms with van der Waals surface area (Å²) < 4.78 is 27.0. The number of nitrogens with one attached hydrogen (secondary N) is 1. The molecule has 1 aliphatic carbocycles. The predicted octanol–water partition coefficient (Wildman–Crippen LogP) is 6.21. The van der Waals surface area contributed by atoms with E-state index in [4.69, 9.17) is 0 Å². The number of rotatable bonds is 5. The number of aryl methyl sites for hydroxylation is 1. The molecular weight excluding hydrogens is 446 g/mol. The van der Waals surface area contributed by atoms with Crippen LogP contribution in [0.25, 0.3) is 0 Å². The van der Waals surface area contributed by atoms with Crippen LogP contribution in [0.4, 0.5) is 5.69 Å². The molecule has 0 unspecified atom stereocenters. The third-order valence-electron chi connectivity index (χ3n) is 6.42. The Bertz CT molecular complexity index is 1050. The SMILES string of the molecule is Cc1ccc(S(=O)(=O)N(C)c2ccc(C(=O)NN=C3CCCCCCCCCCC3)cc2)cc1. The summed E-state index contributed by atoms with van der Waals surface area (Å²) in [6.07, 6.45) is 13.1. The van der Waals surface area contributed by atoms with Gasteiger partial charge in [0.05, 0.1) is 10.6 Å². The van der Waals surface area contributed by atoms with E-state index >= 15 is 0 Å². The molecule has 3 rings (SSSR count). The first kappa shape index (κ1) is 25.9. The van der Waals surface area contributed by atoms with Crippen molar-refractivity contribution in [2.45, 2.75) is 82.4 Å². The van der Waals surface area contributed by atoms with Crippen LogP contribution in [0.3, 0.4) is 0 Å². The minimum Gasteiger partial charge on any atom is -0.269 e. The Labute approximate surface area is 204 Å². The van der Waals surface area contributed by atoms with Crippen LogP contribution in [0.15, 0.2) is 58.5 Å². The van der Waals surface area contributed by atoms with E-state index in [0.29, 0.717) is 11.3 Å². The zero-order chi connectivity index (χ0) is 24.4. The fourth-order valence-corrected chi connectivity index (χ4v) is 5.35. The van der Waals surface area contributed by atoms with Crippen LogP contribution >= 0.6 is 0 Å². The van der Waals surface area contributed by atoms with Gasteiger partial charge in [-0.2, -0.15) is 5.10 Å². The molecule has 7 heteroatoms. The first-order chi connectivity index (χ1) is 16.4. The van der Waals surface area contributed by atoms with Gasteiger partial charge in [0.15, 0.2) is 0 Å². The first-order valence-corrected chi connectivity index (χ1v) is 13.8. The second-order valence-corrected chi connectivity index (χ2v) is 11.1. The van der Waals surface area contributed by atoms with Crippen LogP contribution in [0, 0.1) is 6.92 Å². The van der Waals surface area contributed by atoms with Crippen molar-refractivity contribution in [2.24, 2.45) is 5.10 Å². The van der Waals surface area contributed by atoms with Gasteiger partial charge in [0, 0.05) is 18.3 Å². The van der Waals surface area contributed by atoms with Gasteiger partial charge in [0.1, 0.15) is 0 Å². The van der Waals surface area contributed by atoms with Gasteiger partial charge in [-0.05, 0) is 69.0 Å². The van der Waals surface area contributed by atoms with E-state index in [2.05, 4.69) is 10.5 Å². The second-order valence-electron chi connectivity index (χ2n) is 9.13. The highest BCUT2D eigenvalue weighted by Crippen LogP contribution is 2.23. The van der Waals surface area contributed by atoms with Crippen molar-refractivity contribution < 1.29 is 13.2 Å². The van der Waals surface area contributed by atoms with Gasteiger partial charge < -0.3 is 0 Å². The van der Waals surface area contributed by atoms with E-state index in [1.54, 1.807) is 48.5 Å². The molecule has 1 aliphatic rings. The summed E-state index contributed by atoms with van der Waals surface area (Å²) in [5, 5.41) is 4.44. The molecule has 0 aliphatic heterocycles. The smallest absolute Gasteiger partial charge is 0.269 e. The average molecular weight is 484 g/mol. The van der Waals surface area contributed by atoms with Gasteiger partial charge in [-0.25, -0.2) is 13.8 Å². The van der Waals surface area contributed by atoms with E-state index in [1.807, 2.05) is 6.92 Å². The molecule has 1 saturated carbocycles. The Morgan fingerprint density at radius 3 is 1.82 bits per heavy atom. The van der Waals surface area contributed by atoms with Gasteiger partial charge in [-0.1, -0.05) is 62.6 Å². The summed E-state index contributed by atoms with van der Waals surface area (Å²) in [4.78, 5) is 12.9. The molecule has 0 heterocycles. The lowest BCUT2D eigenvalue weighted by Gasteiger charge is -2.20. The number of sulfonamides is 1. The molecule has 1 amide bonds. The Morgan fingerprint density at radius 2 is 1.29 bits per heavy atom. The summed E-state index contributed by atoms with van der Waals surface area (Å²) in [7, 11) is -2.16. The highest BCUT2D eigenvalue weighted by molar-refractivity contribution is 7.92. The molecule has 0 bridgehead atoms. The van der Waals surface area contributed by atoms with E-state index in [9.17, 15) is 13.2 Å². The van der Waals surface area contributed by atoms with Gasteiger partial charge in [0.2, 0.25) is 0 Å². The van der Waals surface area contributed by atoms with Crippen LogP contribution in [-0.2, 0) is 10.0 Å². The number of nitrogens with zero attached hydrogens (tertiary/aromatic N) is 2. The Kier molecular flexibility index (Phi) is 9.69. The lowest BCUT2D eigenvalue weighted by atomic mass is 10.00. The number of carbonyl (C=O) groups is 1. The Morgan fingerprint density at radius 1 is 0.794 bits per heavy atom. The number of benzene rings is 2. The van der Waals surface area contributed by atoms with Crippen LogP contribution in [0.2, 0.25) is 0 Å². The van der Waals surface area contributed by atoms with E-state index in [-0.39, 0.29) is 10.8 Å². The molecule has 184 valence electrons. The van der Waals surface area contributed by atoms with Crippen molar-refractivity contribution in [1.29, 1.82) is 0 Å². The Hall–Kier alpha value is -2.67. The molecule has 0 saturated heterocycles. The molecule has 0 atom stereocenters. The minimum atomic E-state index is -3.67. The lowest BCUT2D eigenvalue weighted by Crippen LogP contribution is -2.26. The summed E-state index contributed by atoms with van der Waals surface area (Å²) in [6, 6.07) is 13.3. The predicted molar refractivity (Wildman–Crippen MR) is 139 cm³/mol. The molecule has 34 heavy (non-hydrogen) atoms. The fraction of sp³-hybridized carbons (Fsp3) is 0.481. The van der Waals surface area contributed by atoms with Crippen LogP contribution in [0.5, 0.6) is 0 Å². The summed E-state index contributed by atoms with van der Waals surface area (Å²) in [5.41, 5.74) is 5.70. The Balaban J connectivity index is 1.62. The van der Waals surface area contributed by atoms with Crippen molar-refractivity contribution in [3.63, 3.8) is 0 Å². The zero-order valence-electron chi connectivity index (χ0n) is 20.4. The second kappa shape index (κ2) is 12.7. The normalized spacial score (nSPS) is 16.1. The number of hydrazone groups is 1. The number of anilines is 1. The third kappa shape index (κ3) is 7.42. The minimum absolute atomic E-state index is 0.232. The van der Waals surface area contributed by atoms with E-state index in [0.717, 1.165) is 37.0 Å². The molecular formula is C27H37N3O3S. The van der Waals surface area contributed by atoms with Crippen molar-refractivity contribution in [1.82, 2.24) is 5.43 Å². The first-order valence-electron chi connectivity index (χ1n) is 12.4. The summed E-state index contributed by atoms with van der Waals surface area (Å²) in [6.45, 7) is 1.91. The standard InChI is InChI=1S/C27H37N3O3S/c1-22-14-20-26(21-15-22)34(32,33)30(2)25-18-16-23(17-19-25)27(31)29-28-24-12-10-8-6-4-3-5-7-9-11-13-24/h14-21H,3-13H2,1-2H3,(H,29,31). The maximum Gasteiger partial charge on any atom is 0.271 e. The summed E-state index contributed by atoms with van der Waals surface area (Å²) in [5.74, 6) is -0.283. The van der Waals surface area contributed by atoms with Crippen molar-refractivity contribution >= 4 is 27.3 Å². The molecule has 1 N–H and O–H groups in total. The molecule has 6 nitrogen and oxygen atoms in total. The summed E-state index contributed by atoms with van der Waals surface area (Å²) >= 11 is 0. The number of carbonyl (C=O) groups excluding carboxylic acids is 1. The fourth-order valence-electron chi connectivity index (χ4n) is 4.16. The quantitative estimate of drug-likeness (QED) is 0.514. The van der Waals surface area contributed by atoms with Crippen molar-refractivity contribution in [3.8, 4) is 0 Å². The largest absolute Gasteiger partial charge is 0.271 e. The van der Waals surface area contributed by atoms with E-state index < -0.39 is 10.0 Å². The molecule has 2 aromatic rings. The van der Waals surface area contributed by atoms with Crippen molar-refractivity contribution in [2.75, 3.05) is 11.4 Å². The molecule has 0 spiro atoms. The van der Waals surface area contributed by atoms with Gasteiger partial charge in [0.25, 0.3) is 15.9 Å². The number of hydrogen-bond acceptors (Lipinski definition) is 4. The van der Waals surface area contributed by atoms with Crippen LogP contribution in [-0.4, -0.2) is 27.1 Å². The topological polar surface area (TPSA) is 78.8 Å². The highest BCUT2D eigenvalue weighted by Gasteiger charge is 2.21. The van der Waals surface area contributed by atoms with E-state index in [1.165, 1.54) is 56.3 Å². The maximum absolute atomic E-state index is 12.9. The van der Waals surface area contributed by atoms with Gasteiger partial charge >= 0.3 is 0 Å². The zero-order valence-corrected chi connectivity index (χ0v) is 21.2. The van der Waals surface area contributed by atoms with Gasteiger partial charge in [-0.3, -0.25) is 9.10 Å². The molecule has 0 aromatic heterocycles. The molecule has 0 radical (unpaired) electrons.